The van der Waals surface area contributed by atoms with Gasteiger partial charge in [0.2, 0.25) is 0 Å². The Morgan fingerprint density at radius 2 is 1.79 bits per heavy atom. The number of hydrogen-bond donors (Lipinski definition) is 0. The van der Waals surface area contributed by atoms with Crippen molar-refractivity contribution in [2.45, 2.75) is 13.0 Å². The van der Waals surface area contributed by atoms with Crippen molar-refractivity contribution in [3.8, 4) is 0 Å². The van der Waals surface area contributed by atoms with Crippen LogP contribution in [0.1, 0.15) is 22.5 Å². The van der Waals surface area contributed by atoms with Gasteiger partial charge in [0.1, 0.15) is 0 Å². The van der Waals surface area contributed by atoms with Crippen LogP contribution in [0, 0.1) is 31.6 Å². The van der Waals surface area contributed by atoms with Gasteiger partial charge in [-0.25, -0.2) is 0 Å². The zero-order chi connectivity index (χ0) is 16.5. The monoisotopic (exact) mass is 319 g/mol. The normalized spacial score (nSPS) is 17.8. The van der Waals surface area contributed by atoms with Gasteiger partial charge in [0, 0.05) is 25.2 Å². The minimum atomic E-state index is -0.452. The fourth-order valence-electron chi connectivity index (χ4n) is 2.95. The SMILES string of the molecule is O=C1C(=O)N(CCCn2cc([C]3[CH][CH][CH][CH]3)nn2)c2ccccc21. The predicted molar refractivity (Wildman–Crippen MR) is 87.3 cm³/mol. The van der Waals surface area contributed by atoms with Gasteiger partial charge in [-0.1, -0.05) is 17.3 Å². The molecule has 0 spiro atoms. The first kappa shape index (κ1) is 15.1. The summed E-state index contributed by atoms with van der Waals surface area (Å²) in [7, 11) is 0. The molecule has 1 saturated carbocycles. The first-order chi connectivity index (χ1) is 11.7. The highest BCUT2D eigenvalue weighted by Gasteiger charge is 2.34. The van der Waals surface area contributed by atoms with Crippen LogP contribution in [0.2, 0.25) is 0 Å². The number of Topliss-reactive ketones (excluding diaryl/α,β-unsaturated/α-hetero) is 1. The summed E-state index contributed by atoms with van der Waals surface area (Å²) in [6, 6.07) is 7.11. The maximum atomic E-state index is 12.1. The second-order valence-corrected chi connectivity index (χ2v) is 5.70. The number of benzene rings is 1. The Morgan fingerprint density at radius 3 is 2.62 bits per heavy atom. The van der Waals surface area contributed by atoms with E-state index in [9.17, 15) is 9.59 Å². The number of carbonyl (C=O) groups excluding carboxylic acids is 2. The van der Waals surface area contributed by atoms with Crippen molar-refractivity contribution in [1.29, 1.82) is 0 Å². The van der Waals surface area contributed by atoms with E-state index in [0.717, 1.165) is 11.6 Å². The molecular formula is C18H15N4O2. The Hall–Kier alpha value is -2.50. The molecule has 1 aliphatic heterocycles. The van der Waals surface area contributed by atoms with Crippen LogP contribution in [0.25, 0.3) is 0 Å². The molecule has 5 radical (unpaired) electrons. The van der Waals surface area contributed by atoms with Crippen LogP contribution >= 0.6 is 0 Å². The Labute approximate surface area is 140 Å². The molecule has 4 rings (SSSR count). The maximum Gasteiger partial charge on any atom is 0.299 e. The minimum Gasteiger partial charge on any atom is -0.305 e. The number of hydrogen-bond acceptors (Lipinski definition) is 4. The van der Waals surface area contributed by atoms with Crippen molar-refractivity contribution in [1.82, 2.24) is 15.0 Å². The number of para-hydroxylation sites is 1. The van der Waals surface area contributed by atoms with Gasteiger partial charge in [-0.15, -0.1) is 5.10 Å². The van der Waals surface area contributed by atoms with Crippen molar-refractivity contribution < 1.29 is 9.59 Å². The van der Waals surface area contributed by atoms with Crippen molar-refractivity contribution in [3.05, 3.63) is 73.3 Å². The summed E-state index contributed by atoms with van der Waals surface area (Å²) in [6.07, 6.45) is 10.5. The number of anilines is 1. The topological polar surface area (TPSA) is 68.1 Å². The highest BCUT2D eigenvalue weighted by molar-refractivity contribution is 6.52. The molecule has 1 fully saturated rings. The quantitative estimate of drug-likeness (QED) is 0.786. The smallest absolute Gasteiger partial charge is 0.299 e. The third kappa shape index (κ3) is 2.62. The molecule has 1 aliphatic carbocycles. The largest absolute Gasteiger partial charge is 0.305 e. The van der Waals surface area contributed by atoms with E-state index in [0.29, 0.717) is 30.8 Å². The summed E-state index contributed by atoms with van der Waals surface area (Å²) in [5.41, 5.74) is 2.02. The first-order valence-corrected chi connectivity index (χ1v) is 7.81. The van der Waals surface area contributed by atoms with E-state index < -0.39 is 11.7 Å². The van der Waals surface area contributed by atoms with E-state index in [-0.39, 0.29) is 0 Å². The summed E-state index contributed by atoms with van der Waals surface area (Å²) >= 11 is 0. The summed E-state index contributed by atoms with van der Waals surface area (Å²) in [6.45, 7) is 1.11. The zero-order valence-corrected chi connectivity index (χ0v) is 12.9. The molecule has 0 bridgehead atoms. The van der Waals surface area contributed by atoms with Gasteiger partial charge in [0.15, 0.2) is 0 Å². The van der Waals surface area contributed by atoms with Crippen LogP contribution in [0.3, 0.4) is 0 Å². The Morgan fingerprint density at radius 1 is 1.00 bits per heavy atom. The molecule has 0 saturated heterocycles. The molecule has 1 amide bonds. The first-order valence-electron chi connectivity index (χ1n) is 7.81. The minimum absolute atomic E-state index is 0.426. The number of nitrogens with zero attached hydrogens (tertiary/aromatic N) is 4. The van der Waals surface area contributed by atoms with Crippen LogP contribution in [0.5, 0.6) is 0 Å². The van der Waals surface area contributed by atoms with Crippen molar-refractivity contribution in [2.75, 3.05) is 11.4 Å². The van der Waals surface area contributed by atoms with E-state index in [4.69, 9.17) is 0 Å². The van der Waals surface area contributed by atoms with Gasteiger partial charge >= 0.3 is 0 Å². The molecule has 119 valence electrons. The summed E-state index contributed by atoms with van der Waals surface area (Å²) in [5.74, 6) is 0.160. The van der Waals surface area contributed by atoms with E-state index in [1.807, 2.05) is 37.9 Å². The molecule has 1 aromatic heterocycles. The van der Waals surface area contributed by atoms with Gasteiger partial charge < -0.3 is 4.90 Å². The summed E-state index contributed by atoms with van der Waals surface area (Å²) in [4.78, 5) is 25.6. The fraction of sp³-hybridized carbons (Fsp3) is 0.167. The second kappa shape index (κ2) is 6.19. The highest BCUT2D eigenvalue weighted by atomic mass is 16.2. The van der Waals surface area contributed by atoms with Crippen molar-refractivity contribution >= 4 is 17.4 Å². The lowest BCUT2D eigenvalue weighted by Crippen LogP contribution is -2.31. The molecule has 2 aliphatic rings. The standard InChI is InChI=1S/C18H15N4O2/c23-17-14-8-3-4-9-16(14)22(18(17)24)11-5-10-21-12-15(19-20-21)13-6-1-2-7-13/h1-4,6-9,12H,5,10-11H2. The van der Waals surface area contributed by atoms with Gasteiger partial charge in [0.05, 0.1) is 16.9 Å². The second-order valence-electron chi connectivity index (χ2n) is 5.70. The third-order valence-electron chi connectivity index (χ3n) is 4.14. The van der Waals surface area contributed by atoms with Crippen LogP contribution < -0.4 is 4.90 Å². The van der Waals surface area contributed by atoms with Crippen LogP contribution in [-0.2, 0) is 11.3 Å². The molecule has 0 unspecified atom stereocenters. The predicted octanol–water partition coefficient (Wildman–Crippen LogP) is 1.65. The molecule has 2 heterocycles. The van der Waals surface area contributed by atoms with Crippen molar-refractivity contribution in [2.24, 2.45) is 0 Å². The number of aryl methyl sites for hydroxylation is 1. The number of ketones is 1. The van der Waals surface area contributed by atoms with E-state index in [1.54, 1.807) is 27.8 Å². The van der Waals surface area contributed by atoms with Crippen LogP contribution in [0.15, 0.2) is 30.5 Å². The van der Waals surface area contributed by atoms with E-state index >= 15 is 0 Å². The highest BCUT2D eigenvalue weighted by Crippen LogP contribution is 2.29. The third-order valence-corrected chi connectivity index (χ3v) is 4.14. The van der Waals surface area contributed by atoms with E-state index in [2.05, 4.69) is 10.3 Å². The Balaban J connectivity index is 1.38. The van der Waals surface area contributed by atoms with Crippen molar-refractivity contribution in [3.63, 3.8) is 0 Å². The molecule has 0 atom stereocenters. The number of aromatic nitrogens is 3. The van der Waals surface area contributed by atoms with Gasteiger partial charge in [0.25, 0.3) is 11.7 Å². The van der Waals surface area contributed by atoms with Gasteiger partial charge in [-0.2, -0.15) is 0 Å². The van der Waals surface area contributed by atoms with Crippen LogP contribution in [0.4, 0.5) is 5.69 Å². The van der Waals surface area contributed by atoms with E-state index in [1.165, 1.54) is 0 Å². The molecule has 2 aromatic rings. The Kier molecular flexibility index (Phi) is 3.88. The average Bonchev–Trinajstić information content (AvgIpc) is 3.32. The van der Waals surface area contributed by atoms with Gasteiger partial charge in [-0.3, -0.25) is 14.3 Å². The number of rotatable bonds is 5. The lowest BCUT2D eigenvalue weighted by atomic mass is 10.1. The molecule has 6 heteroatoms. The van der Waals surface area contributed by atoms with Crippen LogP contribution in [-0.4, -0.2) is 33.2 Å². The lowest BCUT2D eigenvalue weighted by Gasteiger charge is -2.16. The molecule has 6 nitrogen and oxygen atoms in total. The van der Waals surface area contributed by atoms with Gasteiger partial charge in [-0.05, 0) is 44.2 Å². The molecular weight excluding hydrogens is 304 g/mol. The summed E-state index contributed by atoms with van der Waals surface area (Å²) in [5, 5.41) is 8.26. The molecule has 0 N–H and O–H groups in total. The lowest BCUT2D eigenvalue weighted by molar-refractivity contribution is -0.114. The number of fused-ring (bicyclic) bond motifs is 1. The Bertz CT molecular complexity index is 777. The molecule has 24 heavy (non-hydrogen) atoms. The average molecular weight is 319 g/mol. The molecule has 1 aromatic carbocycles. The number of amides is 1. The fourth-order valence-corrected chi connectivity index (χ4v) is 2.95. The zero-order valence-electron chi connectivity index (χ0n) is 12.9. The maximum absolute atomic E-state index is 12.1. The summed E-state index contributed by atoms with van der Waals surface area (Å²) < 4.78 is 1.76. The number of carbonyl (C=O) groups is 2.